The number of ether oxygens (including phenoxy) is 1. The van der Waals surface area contributed by atoms with Gasteiger partial charge in [-0.05, 0) is 30.2 Å². The maximum Gasteiger partial charge on any atom is 0.335 e. The summed E-state index contributed by atoms with van der Waals surface area (Å²) < 4.78 is 4.74. The number of benzene rings is 1. The van der Waals surface area contributed by atoms with Crippen LogP contribution < -0.4 is 5.32 Å². The SMILES string of the molecule is C=CC1=CC(C)(C(=O)OC)NC(=O)/C1=C\c1ccccc1. The van der Waals surface area contributed by atoms with Crippen LogP contribution in [0.25, 0.3) is 6.08 Å². The second kappa shape index (κ2) is 5.79. The van der Waals surface area contributed by atoms with Crippen molar-refractivity contribution in [2.45, 2.75) is 12.5 Å². The molecule has 21 heavy (non-hydrogen) atoms. The molecule has 4 nitrogen and oxygen atoms in total. The molecule has 1 atom stereocenters. The Labute approximate surface area is 123 Å². The third-order valence-electron chi connectivity index (χ3n) is 3.31. The van der Waals surface area contributed by atoms with E-state index in [1.807, 2.05) is 30.3 Å². The van der Waals surface area contributed by atoms with E-state index in [9.17, 15) is 9.59 Å². The lowest BCUT2D eigenvalue weighted by Gasteiger charge is -2.30. The van der Waals surface area contributed by atoms with E-state index < -0.39 is 11.5 Å². The number of methoxy groups -OCH3 is 1. The normalized spacial score (nSPS) is 23.2. The Kier molecular flexibility index (Phi) is 4.08. The van der Waals surface area contributed by atoms with Gasteiger partial charge in [-0.2, -0.15) is 0 Å². The van der Waals surface area contributed by atoms with Crippen LogP contribution in [0, 0.1) is 0 Å². The summed E-state index contributed by atoms with van der Waals surface area (Å²) in [7, 11) is 1.29. The Hall–Kier alpha value is -2.62. The molecule has 1 aliphatic rings. The zero-order chi connectivity index (χ0) is 15.5. The Bertz CT molecular complexity index is 643. The molecule has 108 valence electrons. The molecule has 0 saturated heterocycles. The van der Waals surface area contributed by atoms with E-state index >= 15 is 0 Å². The van der Waals surface area contributed by atoms with Gasteiger partial charge in [-0.1, -0.05) is 43.0 Å². The van der Waals surface area contributed by atoms with Crippen LogP contribution in [0.3, 0.4) is 0 Å². The van der Waals surface area contributed by atoms with Crippen LogP contribution in [-0.2, 0) is 14.3 Å². The molecule has 0 saturated carbocycles. The first-order valence-electron chi connectivity index (χ1n) is 6.53. The molecule has 2 rings (SSSR count). The van der Waals surface area contributed by atoms with Gasteiger partial charge in [0.25, 0.3) is 5.91 Å². The summed E-state index contributed by atoms with van der Waals surface area (Å²) in [6.07, 6.45) is 4.98. The second-order valence-electron chi connectivity index (χ2n) is 4.92. The summed E-state index contributed by atoms with van der Waals surface area (Å²) in [5.41, 5.74) is 0.800. The molecule has 1 aromatic rings. The summed E-state index contributed by atoms with van der Waals surface area (Å²) in [6, 6.07) is 9.48. The predicted molar refractivity (Wildman–Crippen MR) is 81.3 cm³/mol. The highest BCUT2D eigenvalue weighted by molar-refractivity contribution is 6.07. The smallest absolute Gasteiger partial charge is 0.335 e. The van der Waals surface area contributed by atoms with Crippen molar-refractivity contribution < 1.29 is 14.3 Å². The molecule has 1 amide bonds. The quantitative estimate of drug-likeness (QED) is 0.683. The predicted octanol–water partition coefficient (Wildman–Crippen LogP) is 2.24. The highest BCUT2D eigenvalue weighted by Gasteiger charge is 2.39. The van der Waals surface area contributed by atoms with Crippen LogP contribution in [0.2, 0.25) is 0 Å². The van der Waals surface area contributed by atoms with Gasteiger partial charge in [0, 0.05) is 5.57 Å². The Morgan fingerprint density at radius 3 is 2.57 bits per heavy atom. The van der Waals surface area contributed by atoms with Crippen LogP contribution in [0.1, 0.15) is 12.5 Å². The maximum absolute atomic E-state index is 12.3. The number of hydrogen-bond acceptors (Lipinski definition) is 3. The largest absolute Gasteiger partial charge is 0.467 e. The third kappa shape index (κ3) is 2.94. The maximum atomic E-state index is 12.3. The zero-order valence-corrected chi connectivity index (χ0v) is 12.1. The number of amides is 1. The van der Waals surface area contributed by atoms with Crippen molar-refractivity contribution in [1.29, 1.82) is 0 Å². The molecule has 0 aliphatic carbocycles. The molecule has 0 radical (unpaired) electrons. The van der Waals surface area contributed by atoms with Gasteiger partial charge in [-0.25, -0.2) is 4.79 Å². The van der Waals surface area contributed by atoms with E-state index in [2.05, 4.69) is 11.9 Å². The van der Waals surface area contributed by atoms with Gasteiger partial charge in [-0.3, -0.25) is 4.79 Å². The first kappa shape index (κ1) is 14.8. The lowest BCUT2D eigenvalue weighted by atomic mass is 9.88. The van der Waals surface area contributed by atoms with Gasteiger partial charge in [0.2, 0.25) is 0 Å². The molecule has 1 aromatic carbocycles. The average molecular weight is 283 g/mol. The van der Waals surface area contributed by atoms with E-state index in [0.717, 1.165) is 5.56 Å². The summed E-state index contributed by atoms with van der Waals surface area (Å²) in [5, 5.41) is 2.67. The number of hydrogen-bond donors (Lipinski definition) is 1. The van der Waals surface area contributed by atoms with Crippen molar-refractivity contribution in [2.75, 3.05) is 7.11 Å². The Morgan fingerprint density at radius 2 is 2.00 bits per heavy atom. The molecule has 4 heteroatoms. The van der Waals surface area contributed by atoms with Crippen LogP contribution in [0.15, 0.2) is 60.2 Å². The van der Waals surface area contributed by atoms with E-state index in [0.29, 0.717) is 11.1 Å². The van der Waals surface area contributed by atoms with Crippen molar-refractivity contribution in [2.24, 2.45) is 0 Å². The lowest BCUT2D eigenvalue weighted by Crippen LogP contribution is -2.54. The number of carbonyl (C=O) groups is 2. The standard InChI is InChI=1S/C17H17NO3/c1-4-13-11-17(2,16(20)21-3)18-15(19)14(13)10-12-8-6-5-7-9-12/h4-11H,1H2,2-3H3,(H,18,19)/b14-10-. The van der Waals surface area contributed by atoms with Gasteiger partial charge >= 0.3 is 5.97 Å². The zero-order valence-electron chi connectivity index (χ0n) is 12.1. The molecule has 0 bridgehead atoms. The van der Waals surface area contributed by atoms with Crippen LogP contribution in [0.5, 0.6) is 0 Å². The number of carbonyl (C=O) groups excluding carboxylic acids is 2. The molecule has 0 aromatic heterocycles. The molecule has 0 spiro atoms. The molecule has 1 aliphatic heterocycles. The number of nitrogens with one attached hydrogen (secondary N) is 1. The van der Waals surface area contributed by atoms with Crippen molar-refractivity contribution in [1.82, 2.24) is 5.32 Å². The number of esters is 1. The van der Waals surface area contributed by atoms with E-state index in [4.69, 9.17) is 4.74 Å². The van der Waals surface area contributed by atoms with Gasteiger partial charge in [0.1, 0.15) is 0 Å². The fraction of sp³-hybridized carbons (Fsp3) is 0.176. The summed E-state index contributed by atoms with van der Waals surface area (Å²) in [4.78, 5) is 24.2. The average Bonchev–Trinajstić information content (AvgIpc) is 2.50. The Balaban J connectivity index is 2.48. The van der Waals surface area contributed by atoms with E-state index in [-0.39, 0.29) is 5.91 Å². The van der Waals surface area contributed by atoms with Gasteiger partial charge in [-0.15, -0.1) is 0 Å². The molecule has 1 N–H and O–H groups in total. The van der Waals surface area contributed by atoms with Gasteiger partial charge < -0.3 is 10.1 Å². The Morgan fingerprint density at radius 1 is 1.33 bits per heavy atom. The molecule has 1 unspecified atom stereocenters. The second-order valence-corrected chi connectivity index (χ2v) is 4.92. The van der Waals surface area contributed by atoms with Crippen molar-refractivity contribution >= 4 is 18.0 Å². The minimum absolute atomic E-state index is 0.329. The van der Waals surface area contributed by atoms with E-state index in [1.165, 1.54) is 7.11 Å². The molecular weight excluding hydrogens is 266 g/mol. The summed E-state index contributed by atoms with van der Waals surface area (Å²) in [5.74, 6) is -0.849. The fourth-order valence-electron chi connectivity index (χ4n) is 2.21. The van der Waals surface area contributed by atoms with Crippen molar-refractivity contribution in [3.05, 3.63) is 65.8 Å². The third-order valence-corrected chi connectivity index (χ3v) is 3.31. The van der Waals surface area contributed by atoms with Crippen molar-refractivity contribution in [3.63, 3.8) is 0 Å². The minimum Gasteiger partial charge on any atom is -0.467 e. The highest BCUT2D eigenvalue weighted by Crippen LogP contribution is 2.26. The van der Waals surface area contributed by atoms with E-state index in [1.54, 1.807) is 25.2 Å². The molecular formula is C17H17NO3. The molecule has 1 heterocycles. The van der Waals surface area contributed by atoms with Crippen LogP contribution >= 0.6 is 0 Å². The first-order chi connectivity index (χ1) is 10.00. The number of rotatable bonds is 3. The van der Waals surface area contributed by atoms with Crippen LogP contribution in [0.4, 0.5) is 0 Å². The fourth-order valence-corrected chi connectivity index (χ4v) is 2.21. The summed E-state index contributed by atoms with van der Waals surface area (Å²) in [6.45, 7) is 5.32. The lowest BCUT2D eigenvalue weighted by molar-refractivity contribution is -0.147. The van der Waals surface area contributed by atoms with Gasteiger partial charge in [0.05, 0.1) is 7.11 Å². The topological polar surface area (TPSA) is 55.4 Å². The van der Waals surface area contributed by atoms with Gasteiger partial charge in [0.15, 0.2) is 5.54 Å². The monoisotopic (exact) mass is 283 g/mol. The first-order valence-corrected chi connectivity index (χ1v) is 6.53. The highest BCUT2D eigenvalue weighted by atomic mass is 16.5. The summed E-state index contributed by atoms with van der Waals surface area (Å²) >= 11 is 0. The number of allylic oxidation sites excluding steroid dienone is 1. The minimum atomic E-state index is -1.18. The molecule has 0 fully saturated rings. The van der Waals surface area contributed by atoms with Crippen LogP contribution in [-0.4, -0.2) is 24.5 Å². The van der Waals surface area contributed by atoms with Crippen molar-refractivity contribution in [3.8, 4) is 0 Å².